The van der Waals surface area contributed by atoms with Gasteiger partial charge < -0.3 is 19.7 Å². The second kappa shape index (κ2) is 8.43. The minimum absolute atomic E-state index is 0.460. The lowest BCUT2D eigenvalue weighted by molar-refractivity contribution is -0.0814. The van der Waals surface area contributed by atoms with Crippen LogP contribution in [0.25, 0.3) is 5.70 Å². The molecule has 7 nitrogen and oxygen atoms in total. The quantitative estimate of drug-likeness (QED) is 0.738. The molecule has 4 rings (SSSR count). The average molecular weight is 386 g/mol. The molecule has 0 aliphatic carbocycles. The number of nitrogens with zero attached hydrogens (tertiary/aromatic N) is 2. The number of hydrogen-bond acceptors (Lipinski definition) is 7. The van der Waals surface area contributed by atoms with Gasteiger partial charge in [0, 0.05) is 36.5 Å². The van der Waals surface area contributed by atoms with Gasteiger partial charge in [0.05, 0.1) is 19.4 Å². The number of hydrazine groups is 1. The molecule has 3 aliphatic heterocycles. The molecule has 0 radical (unpaired) electrons. The van der Waals surface area contributed by atoms with Crippen LogP contribution in [0.2, 0.25) is 0 Å². The van der Waals surface area contributed by atoms with Crippen LogP contribution in [0, 0.1) is 0 Å². The highest BCUT2D eigenvalue weighted by Gasteiger charge is 2.25. The zero-order valence-electron chi connectivity index (χ0n) is 16.7. The SMILES string of the molecule is COC1=CC2=C(c3ccc(N[C@@H]4CCCN(C)C4)cc3COCCC2)N(O)N1. The Labute approximate surface area is 166 Å². The van der Waals surface area contributed by atoms with Gasteiger partial charge in [-0.05, 0) is 62.5 Å². The summed E-state index contributed by atoms with van der Waals surface area (Å²) in [7, 11) is 3.76. The maximum Gasteiger partial charge on any atom is 0.207 e. The van der Waals surface area contributed by atoms with Crippen molar-refractivity contribution < 1.29 is 14.7 Å². The van der Waals surface area contributed by atoms with E-state index < -0.39 is 0 Å². The molecule has 3 N–H and O–H groups in total. The maximum absolute atomic E-state index is 10.6. The van der Waals surface area contributed by atoms with Gasteiger partial charge >= 0.3 is 0 Å². The second-order valence-electron chi connectivity index (χ2n) is 7.78. The number of ether oxygens (including phenoxy) is 2. The number of likely N-dealkylation sites (N-methyl/N-ethyl adjacent to an activating group) is 1. The molecule has 3 aliphatic rings. The minimum Gasteiger partial charge on any atom is -0.481 e. The molecule has 152 valence electrons. The predicted octanol–water partition coefficient (Wildman–Crippen LogP) is 2.91. The van der Waals surface area contributed by atoms with E-state index in [2.05, 4.69) is 40.9 Å². The molecule has 1 atom stereocenters. The Morgan fingerprint density at radius 3 is 3.04 bits per heavy atom. The van der Waals surface area contributed by atoms with Gasteiger partial charge in [-0.1, -0.05) is 6.07 Å². The molecule has 0 aromatic heterocycles. The third-order valence-electron chi connectivity index (χ3n) is 5.61. The van der Waals surface area contributed by atoms with E-state index in [1.54, 1.807) is 7.11 Å². The molecule has 1 aromatic rings. The smallest absolute Gasteiger partial charge is 0.207 e. The Bertz CT molecular complexity index is 777. The Morgan fingerprint density at radius 2 is 2.21 bits per heavy atom. The highest BCUT2D eigenvalue weighted by atomic mass is 16.6. The molecule has 0 unspecified atom stereocenters. The molecule has 3 heterocycles. The molecular weight excluding hydrogens is 356 g/mol. The van der Waals surface area contributed by atoms with E-state index in [-0.39, 0.29) is 0 Å². The zero-order valence-corrected chi connectivity index (χ0v) is 16.7. The van der Waals surface area contributed by atoms with Crippen LogP contribution in [0.5, 0.6) is 0 Å². The van der Waals surface area contributed by atoms with Crippen LogP contribution in [0.1, 0.15) is 36.8 Å². The maximum atomic E-state index is 10.6. The number of fused-ring (bicyclic) bond motifs is 2. The summed E-state index contributed by atoms with van der Waals surface area (Å²) < 4.78 is 11.2. The van der Waals surface area contributed by atoms with Crippen molar-refractivity contribution in [3.8, 4) is 0 Å². The fraction of sp³-hybridized carbons (Fsp3) is 0.524. The van der Waals surface area contributed by atoms with Crippen molar-refractivity contribution in [2.75, 3.05) is 39.2 Å². The largest absolute Gasteiger partial charge is 0.481 e. The summed E-state index contributed by atoms with van der Waals surface area (Å²) in [5.41, 5.74) is 7.82. The summed E-state index contributed by atoms with van der Waals surface area (Å²) in [5, 5.41) is 15.3. The van der Waals surface area contributed by atoms with Crippen LogP contribution in [-0.2, 0) is 16.1 Å². The molecule has 7 heteroatoms. The first-order valence-electron chi connectivity index (χ1n) is 10.0. The average Bonchev–Trinajstić information content (AvgIpc) is 2.76. The van der Waals surface area contributed by atoms with Gasteiger partial charge in [-0.15, -0.1) is 0 Å². The van der Waals surface area contributed by atoms with E-state index in [0.29, 0.717) is 25.1 Å². The standard InChI is InChI=1S/C21H30N4O3/c1-24-9-3-6-18(13-24)22-17-7-8-19-16(11-17)14-28-10-4-5-15-12-20(27-2)23-25(26)21(15)19/h7-8,11-12,18,22-23,26H,3-6,9-10,13-14H2,1-2H3/t18-/m1/s1. The van der Waals surface area contributed by atoms with Crippen LogP contribution < -0.4 is 10.7 Å². The van der Waals surface area contributed by atoms with Crippen LogP contribution in [0.15, 0.2) is 35.7 Å². The number of methoxy groups -OCH3 is 1. The van der Waals surface area contributed by atoms with Crippen molar-refractivity contribution >= 4 is 11.4 Å². The fourth-order valence-electron chi connectivity index (χ4n) is 4.24. The monoisotopic (exact) mass is 386 g/mol. The number of hydroxylamine groups is 1. The number of anilines is 1. The highest BCUT2D eigenvalue weighted by Crippen LogP contribution is 2.33. The summed E-state index contributed by atoms with van der Waals surface area (Å²) >= 11 is 0. The lowest BCUT2D eigenvalue weighted by atomic mass is 9.97. The predicted molar refractivity (Wildman–Crippen MR) is 108 cm³/mol. The third kappa shape index (κ3) is 4.11. The van der Waals surface area contributed by atoms with Crippen molar-refractivity contribution in [1.29, 1.82) is 0 Å². The summed E-state index contributed by atoms with van der Waals surface area (Å²) in [5.74, 6) is 0.530. The summed E-state index contributed by atoms with van der Waals surface area (Å²) in [6, 6.07) is 6.79. The molecule has 0 bridgehead atoms. The molecular formula is C21H30N4O3. The lowest BCUT2D eigenvalue weighted by Crippen LogP contribution is -2.39. The number of likely N-dealkylation sites (tertiary alicyclic amines) is 1. The van der Waals surface area contributed by atoms with Crippen molar-refractivity contribution in [2.24, 2.45) is 0 Å². The third-order valence-corrected chi connectivity index (χ3v) is 5.61. The Kier molecular flexibility index (Phi) is 5.75. The van der Waals surface area contributed by atoms with Gasteiger partial charge in [-0.2, -0.15) is 5.17 Å². The van der Waals surface area contributed by atoms with Gasteiger partial charge in [-0.25, -0.2) is 5.43 Å². The van der Waals surface area contributed by atoms with Crippen LogP contribution in [-0.4, -0.2) is 55.2 Å². The molecule has 1 saturated heterocycles. The second-order valence-corrected chi connectivity index (χ2v) is 7.78. The van der Waals surface area contributed by atoms with Gasteiger partial charge in [-0.3, -0.25) is 5.21 Å². The molecule has 28 heavy (non-hydrogen) atoms. The van der Waals surface area contributed by atoms with E-state index in [9.17, 15) is 5.21 Å². The number of hydrogen-bond donors (Lipinski definition) is 3. The molecule has 0 amide bonds. The summed E-state index contributed by atoms with van der Waals surface area (Å²) in [6.45, 7) is 3.45. The molecule has 0 spiro atoms. The number of allylic oxidation sites excluding steroid dienone is 2. The summed E-state index contributed by atoms with van der Waals surface area (Å²) in [4.78, 5) is 2.37. The molecule has 1 aromatic carbocycles. The van der Waals surface area contributed by atoms with Crippen molar-refractivity contribution in [2.45, 2.75) is 38.3 Å². The highest BCUT2D eigenvalue weighted by molar-refractivity contribution is 5.73. The minimum atomic E-state index is 0.460. The van der Waals surface area contributed by atoms with Crippen molar-refractivity contribution in [3.05, 3.63) is 46.9 Å². The first kappa shape index (κ1) is 19.1. The summed E-state index contributed by atoms with van der Waals surface area (Å²) in [6.07, 6.45) is 6.08. The first-order valence-corrected chi connectivity index (χ1v) is 10.0. The van der Waals surface area contributed by atoms with Gasteiger partial charge in [0.2, 0.25) is 5.88 Å². The van der Waals surface area contributed by atoms with Gasteiger partial charge in [0.25, 0.3) is 0 Å². The van der Waals surface area contributed by atoms with E-state index in [1.165, 1.54) is 19.4 Å². The van der Waals surface area contributed by atoms with Crippen LogP contribution >= 0.6 is 0 Å². The first-order chi connectivity index (χ1) is 13.6. The molecule has 1 fully saturated rings. The number of benzene rings is 1. The van der Waals surface area contributed by atoms with Gasteiger partial charge in [0.1, 0.15) is 0 Å². The van der Waals surface area contributed by atoms with Gasteiger partial charge in [0.15, 0.2) is 0 Å². The van der Waals surface area contributed by atoms with Crippen molar-refractivity contribution in [3.63, 3.8) is 0 Å². The normalized spacial score (nSPS) is 23.5. The number of piperidine rings is 1. The topological polar surface area (TPSA) is 69.2 Å². The number of nitrogens with one attached hydrogen (secondary N) is 2. The number of rotatable bonds is 3. The Morgan fingerprint density at radius 1 is 1.32 bits per heavy atom. The fourth-order valence-corrected chi connectivity index (χ4v) is 4.24. The van der Waals surface area contributed by atoms with E-state index in [0.717, 1.165) is 52.6 Å². The Balaban J connectivity index is 1.66. The van der Waals surface area contributed by atoms with E-state index in [4.69, 9.17) is 9.47 Å². The van der Waals surface area contributed by atoms with Crippen LogP contribution in [0.3, 0.4) is 0 Å². The van der Waals surface area contributed by atoms with Crippen molar-refractivity contribution in [1.82, 2.24) is 15.5 Å². The van der Waals surface area contributed by atoms with E-state index >= 15 is 0 Å². The lowest BCUT2D eigenvalue weighted by Gasteiger charge is -2.32. The molecule has 0 saturated carbocycles. The van der Waals surface area contributed by atoms with E-state index in [1.807, 2.05) is 6.08 Å². The Hall–Kier alpha value is -2.22. The zero-order chi connectivity index (χ0) is 19.5. The van der Waals surface area contributed by atoms with Crippen LogP contribution in [0.4, 0.5) is 5.69 Å².